The van der Waals surface area contributed by atoms with Crippen LogP contribution in [0.2, 0.25) is 0 Å². The van der Waals surface area contributed by atoms with E-state index in [2.05, 4.69) is 34.5 Å². The fourth-order valence-corrected chi connectivity index (χ4v) is 3.28. The molecule has 0 aromatic carbocycles. The summed E-state index contributed by atoms with van der Waals surface area (Å²) in [4.78, 5) is 7.03. The van der Waals surface area contributed by atoms with Crippen molar-refractivity contribution in [1.82, 2.24) is 14.5 Å². The molecule has 18 heavy (non-hydrogen) atoms. The molecule has 1 aromatic heterocycles. The molecule has 2 rings (SSSR count). The molecule has 4 heteroatoms. The number of fused-ring (bicyclic) bond motifs is 1. The quantitative estimate of drug-likeness (QED) is 0.840. The molecule has 0 atom stereocenters. The maximum Gasteiger partial charge on any atom is 0.122 e. The summed E-state index contributed by atoms with van der Waals surface area (Å²) in [6, 6.07) is 0. The van der Waals surface area contributed by atoms with E-state index in [0.717, 1.165) is 26.2 Å². The molecule has 0 amide bonds. The van der Waals surface area contributed by atoms with Gasteiger partial charge in [0.05, 0.1) is 6.54 Å². The average Bonchev–Trinajstić information content (AvgIpc) is 2.85. The number of nitrogens with two attached hydrogens (primary N) is 1. The van der Waals surface area contributed by atoms with Crippen molar-refractivity contribution in [3.05, 3.63) is 18.2 Å². The molecule has 0 saturated heterocycles. The van der Waals surface area contributed by atoms with E-state index in [0.29, 0.717) is 0 Å². The van der Waals surface area contributed by atoms with Gasteiger partial charge in [-0.3, -0.25) is 4.90 Å². The van der Waals surface area contributed by atoms with Crippen LogP contribution in [0, 0.1) is 0 Å². The lowest BCUT2D eigenvalue weighted by Gasteiger charge is -2.45. The van der Waals surface area contributed by atoms with Crippen LogP contribution in [0.15, 0.2) is 12.4 Å². The Labute approximate surface area is 110 Å². The first-order valence-electron chi connectivity index (χ1n) is 7.21. The van der Waals surface area contributed by atoms with Crippen molar-refractivity contribution in [2.24, 2.45) is 5.73 Å². The fourth-order valence-electron chi connectivity index (χ4n) is 3.28. The molecule has 1 aliphatic rings. The monoisotopic (exact) mass is 250 g/mol. The third-order valence-corrected chi connectivity index (χ3v) is 4.23. The molecule has 2 heterocycles. The Balaban J connectivity index is 2.17. The normalized spacial score (nSPS) is 16.8. The van der Waals surface area contributed by atoms with Crippen molar-refractivity contribution in [2.75, 3.05) is 13.1 Å². The number of nitrogens with zero attached hydrogens (tertiary/aromatic N) is 3. The van der Waals surface area contributed by atoms with Crippen molar-refractivity contribution in [1.29, 1.82) is 0 Å². The molecule has 4 nitrogen and oxygen atoms in total. The summed E-state index contributed by atoms with van der Waals surface area (Å²) in [5, 5.41) is 0. The van der Waals surface area contributed by atoms with Crippen molar-refractivity contribution < 1.29 is 0 Å². The number of rotatable bonds is 6. The SMILES string of the molecule is CCCC(CN)(CCC)N1CCn2ccnc2C1. The predicted octanol–water partition coefficient (Wildman–Crippen LogP) is 2.00. The second kappa shape index (κ2) is 5.85. The van der Waals surface area contributed by atoms with Crippen LogP contribution in [0.5, 0.6) is 0 Å². The van der Waals surface area contributed by atoms with E-state index in [1.807, 2.05) is 6.20 Å². The Morgan fingerprint density at radius 1 is 1.28 bits per heavy atom. The van der Waals surface area contributed by atoms with E-state index >= 15 is 0 Å². The Kier molecular flexibility index (Phi) is 4.40. The molecule has 2 N–H and O–H groups in total. The number of aromatic nitrogens is 2. The van der Waals surface area contributed by atoms with E-state index in [1.165, 1.54) is 31.5 Å². The van der Waals surface area contributed by atoms with Gasteiger partial charge < -0.3 is 10.3 Å². The molecule has 0 saturated carbocycles. The van der Waals surface area contributed by atoms with Gasteiger partial charge in [0.15, 0.2) is 0 Å². The predicted molar refractivity (Wildman–Crippen MR) is 74.2 cm³/mol. The summed E-state index contributed by atoms with van der Waals surface area (Å²) in [5.41, 5.74) is 6.32. The van der Waals surface area contributed by atoms with E-state index < -0.39 is 0 Å². The van der Waals surface area contributed by atoms with Crippen LogP contribution in [-0.2, 0) is 13.1 Å². The van der Waals surface area contributed by atoms with Crippen LogP contribution in [0.1, 0.15) is 45.4 Å². The van der Waals surface area contributed by atoms with Crippen molar-refractivity contribution >= 4 is 0 Å². The summed E-state index contributed by atoms with van der Waals surface area (Å²) < 4.78 is 2.26. The summed E-state index contributed by atoms with van der Waals surface area (Å²) >= 11 is 0. The highest BCUT2D eigenvalue weighted by atomic mass is 15.3. The van der Waals surface area contributed by atoms with E-state index in [-0.39, 0.29) is 5.54 Å². The smallest absolute Gasteiger partial charge is 0.122 e. The van der Waals surface area contributed by atoms with Crippen LogP contribution in [0.4, 0.5) is 0 Å². The molecule has 0 spiro atoms. The van der Waals surface area contributed by atoms with Crippen LogP contribution in [-0.4, -0.2) is 33.1 Å². The topological polar surface area (TPSA) is 47.1 Å². The molecular weight excluding hydrogens is 224 g/mol. The summed E-state index contributed by atoms with van der Waals surface area (Å²) in [6.45, 7) is 8.36. The van der Waals surface area contributed by atoms with E-state index in [9.17, 15) is 0 Å². The Morgan fingerprint density at radius 3 is 2.61 bits per heavy atom. The lowest BCUT2D eigenvalue weighted by molar-refractivity contribution is 0.0467. The molecular formula is C14H26N4. The van der Waals surface area contributed by atoms with Gasteiger partial charge in [-0.15, -0.1) is 0 Å². The Bertz CT molecular complexity index is 366. The van der Waals surface area contributed by atoms with Gasteiger partial charge in [-0.05, 0) is 12.8 Å². The van der Waals surface area contributed by atoms with Gasteiger partial charge >= 0.3 is 0 Å². The molecule has 0 radical (unpaired) electrons. The first-order chi connectivity index (χ1) is 8.75. The molecule has 0 bridgehead atoms. The minimum absolute atomic E-state index is 0.181. The zero-order chi connectivity index (χ0) is 13.0. The van der Waals surface area contributed by atoms with Crippen LogP contribution in [0.25, 0.3) is 0 Å². The van der Waals surface area contributed by atoms with Crippen LogP contribution in [0.3, 0.4) is 0 Å². The second-order valence-electron chi connectivity index (χ2n) is 5.39. The van der Waals surface area contributed by atoms with Crippen LogP contribution < -0.4 is 5.73 Å². The van der Waals surface area contributed by atoms with Crippen molar-refractivity contribution in [3.8, 4) is 0 Å². The van der Waals surface area contributed by atoms with Gasteiger partial charge in [0.2, 0.25) is 0 Å². The van der Waals surface area contributed by atoms with Crippen LogP contribution >= 0.6 is 0 Å². The Morgan fingerprint density at radius 2 is 2.00 bits per heavy atom. The average molecular weight is 250 g/mol. The molecule has 1 aliphatic heterocycles. The molecule has 1 aromatic rings. The lowest BCUT2D eigenvalue weighted by Crippen LogP contribution is -2.56. The van der Waals surface area contributed by atoms with E-state index in [1.54, 1.807) is 0 Å². The highest BCUT2D eigenvalue weighted by molar-refractivity contribution is 5.01. The maximum absolute atomic E-state index is 6.14. The van der Waals surface area contributed by atoms with Gasteiger partial charge in [-0.25, -0.2) is 4.98 Å². The van der Waals surface area contributed by atoms with Gasteiger partial charge in [-0.2, -0.15) is 0 Å². The minimum Gasteiger partial charge on any atom is -0.333 e. The summed E-state index contributed by atoms with van der Waals surface area (Å²) in [5.74, 6) is 1.19. The minimum atomic E-state index is 0.181. The fraction of sp³-hybridized carbons (Fsp3) is 0.786. The number of imidazole rings is 1. The zero-order valence-corrected chi connectivity index (χ0v) is 11.7. The molecule has 0 unspecified atom stereocenters. The van der Waals surface area contributed by atoms with Gasteiger partial charge in [0.1, 0.15) is 5.82 Å². The third-order valence-electron chi connectivity index (χ3n) is 4.23. The zero-order valence-electron chi connectivity index (χ0n) is 11.7. The Hall–Kier alpha value is -0.870. The van der Waals surface area contributed by atoms with Gasteiger partial charge in [0, 0.05) is 37.6 Å². The third kappa shape index (κ3) is 2.45. The molecule has 0 aliphatic carbocycles. The number of hydrogen-bond acceptors (Lipinski definition) is 3. The van der Waals surface area contributed by atoms with Crippen molar-refractivity contribution in [2.45, 2.75) is 58.2 Å². The van der Waals surface area contributed by atoms with E-state index in [4.69, 9.17) is 5.73 Å². The largest absolute Gasteiger partial charge is 0.333 e. The molecule has 102 valence electrons. The second-order valence-corrected chi connectivity index (χ2v) is 5.39. The van der Waals surface area contributed by atoms with Gasteiger partial charge in [-0.1, -0.05) is 26.7 Å². The lowest BCUT2D eigenvalue weighted by atomic mass is 9.86. The first kappa shape index (κ1) is 13.6. The number of hydrogen-bond donors (Lipinski definition) is 1. The summed E-state index contributed by atoms with van der Waals surface area (Å²) in [7, 11) is 0. The van der Waals surface area contributed by atoms with Gasteiger partial charge in [0.25, 0.3) is 0 Å². The maximum atomic E-state index is 6.14. The first-order valence-corrected chi connectivity index (χ1v) is 7.21. The highest BCUT2D eigenvalue weighted by Gasteiger charge is 2.35. The summed E-state index contributed by atoms with van der Waals surface area (Å²) in [6.07, 6.45) is 8.76. The molecule has 0 fully saturated rings. The standard InChI is InChI=1S/C14H26N4/c1-3-5-14(12-15,6-4-2)18-10-9-17-8-7-16-13(17)11-18/h7-8H,3-6,9-12,15H2,1-2H3. The highest BCUT2D eigenvalue weighted by Crippen LogP contribution is 2.29. The van der Waals surface area contributed by atoms with Crippen molar-refractivity contribution in [3.63, 3.8) is 0 Å².